The van der Waals surface area contributed by atoms with E-state index in [0.29, 0.717) is 5.56 Å². The zero-order chi connectivity index (χ0) is 12.5. The molecule has 2 saturated heterocycles. The molecule has 3 nitrogen and oxygen atoms in total. The molecule has 4 heteroatoms. The van der Waals surface area contributed by atoms with E-state index in [4.69, 9.17) is 5.26 Å². The standard InChI is InChI=1S/C14H16BrN3/c15-12-7-10(8-16)1-2-14(12)18-6-4-13-11(9-18)3-5-17-13/h1-2,7,11,13,17H,3-6,9H2. The number of nitrogens with one attached hydrogen (secondary N) is 1. The van der Waals surface area contributed by atoms with Crippen molar-refractivity contribution in [1.29, 1.82) is 5.26 Å². The van der Waals surface area contributed by atoms with Gasteiger partial charge in [-0.3, -0.25) is 0 Å². The Bertz CT molecular complexity index is 494. The van der Waals surface area contributed by atoms with Gasteiger partial charge < -0.3 is 10.2 Å². The molecular weight excluding hydrogens is 290 g/mol. The van der Waals surface area contributed by atoms with E-state index in [2.05, 4.69) is 38.3 Å². The first-order chi connectivity index (χ1) is 8.78. The summed E-state index contributed by atoms with van der Waals surface area (Å²) in [6.07, 6.45) is 2.51. The van der Waals surface area contributed by atoms with E-state index in [1.54, 1.807) is 0 Å². The molecule has 1 aromatic carbocycles. The third-order valence-corrected chi connectivity index (χ3v) is 4.71. The van der Waals surface area contributed by atoms with Crippen LogP contribution in [0.4, 0.5) is 5.69 Å². The number of fused-ring (bicyclic) bond motifs is 1. The van der Waals surface area contributed by atoms with Gasteiger partial charge in [0, 0.05) is 23.6 Å². The number of hydrogen-bond donors (Lipinski definition) is 1. The van der Waals surface area contributed by atoms with E-state index < -0.39 is 0 Å². The van der Waals surface area contributed by atoms with Gasteiger partial charge >= 0.3 is 0 Å². The molecule has 1 N–H and O–H groups in total. The molecule has 0 saturated carbocycles. The third-order valence-electron chi connectivity index (χ3n) is 4.07. The topological polar surface area (TPSA) is 39.1 Å². The molecule has 2 heterocycles. The van der Waals surface area contributed by atoms with Crippen LogP contribution in [-0.2, 0) is 0 Å². The summed E-state index contributed by atoms with van der Waals surface area (Å²) in [5, 5.41) is 12.5. The predicted molar refractivity (Wildman–Crippen MR) is 75.6 cm³/mol. The zero-order valence-corrected chi connectivity index (χ0v) is 11.8. The smallest absolute Gasteiger partial charge is 0.0992 e. The maximum Gasteiger partial charge on any atom is 0.0992 e. The summed E-state index contributed by atoms with van der Waals surface area (Å²) in [5.41, 5.74) is 1.93. The van der Waals surface area contributed by atoms with Gasteiger partial charge in [-0.05, 0) is 59.4 Å². The van der Waals surface area contributed by atoms with Gasteiger partial charge in [0.25, 0.3) is 0 Å². The maximum atomic E-state index is 8.89. The fourth-order valence-corrected chi connectivity index (χ4v) is 3.73. The predicted octanol–water partition coefficient (Wildman–Crippen LogP) is 2.51. The Hall–Kier alpha value is -1.05. The van der Waals surface area contributed by atoms with Crippen LogP contribution in [0.3, 0.4) is 0 Å². The lowest BCUT2D eigenvalue weighted by atomic mass is 9.93. The summed E-state index contributed by atoms with van der Waals surface area (Å²) in [6.45, 7) is 3.39. The molecule has 2 unspecified atom stereocenters. The second-order valence-electron chi connectivity index (χ2n) is 5.12. The van der Waals surface area contributed by atoms with E-state index in [0.717, 1.165) is 36.1 Å². The highest BCUT2D eigenvalue weighted by molar-refractivity contribution is 9.10. The highest BCUT2D eigenvalue weighted by Gasteiger charge is 2.32. The summed E-state index contributed by atoms with van der Waals surface area (Å²) >= 11 is 3.59. The van der Waals surface area contributed by atoms with Crippen molar-refractivity contribution >= 4 is 21.6 Å². The van der Waals surface area contributed by atoms with Gasteiger partial charge in [-0.15, -0.1) is 0 Å². The molecule has 0 radical (unpaired) electrons. The number of nitriles is 1. The molecule has 2 atom stereocenters. The van der Waals surface area contributed by atoms with E-state index in [9.17, 15) is 0 Å². The van der Waals surface area contributed by atoms with Gasteiger partial charge in [0.15, 0.2) is 0 Å². The molecule has 0 spiro atoms. The van der Waals surface area contributed by atoms with Crippen LogP contribution in [0.1, 0.15) is 18.4 Å². The van der Waals surface area contributed by atoms with Crippen molar-refractivity contribution in [2.24, 2.45) is 5.92 Å². The van der Waals surface area contributed by atoms with Crippen molar-refractivity contribution in [3.63, 3.8) is 0 Å². The molecule has 2 aliphatic heterocycles. The number of piperidine rings is 1. The first-order valence-electron chi connectivity index (χ1n) is 6.46. The molecule has 0 amide bonds. The van der Waals surface area contributed by atoms with Gasteiger partial charge in [-0.1, -0.05) is 0 Å². The number of hydrogen-bond acceptors (Lipinski definition) is 3. The highest BCUT2D eigenvalue weighted by atomic mass is 79.9. The number of anilines is 1. The number of rotatable bonds is 1. The van der Waals surface area contributed by atoms with Gasteiger partial charge in [0.2, 0.25) is 0 Å². The monoisotopic (exact) mass is 305 g/mol. The van der Waals surface area contributed by atoms with E-state index >= 15 is 0 Å². The van der Waals surface area contributed by atoms with E-state index in [-0.39, 0.29) is 0 Å². The lowest BCUT2D eigenvalue weighted by molar-refractivity contribution is 0.376. The molecule has 2 fully saturated rings. The quantitative estimate of drug-likeness (QED) is 0.866. The van der Waals surface area contributed by atoms with Crippen LogP contribution in [-0.4, -0.2) is 25.7 Å². The first kappa shape index (κ1) is 12.0. The van der Waals surface area contributed by atoms with Crippen molar-refractivity contribution in [2.45, 2.75) is 18.9 Å². The van der Waals surface area contributed by atoms with E-state index in [1.165, 1.54) is 18.5 Å². The Balaban J connectivity index is 1.81. The average Bonchev–Trinajstić information content (AvgIpc) is 2.85. The van der Waals surface area contributed by atoms with Gasteiger partial charge in [0.1, 0.15) is 0 Å². The minimum atomic E-state index is 0.711. The molecule has 18 heavy (non-hydrogen) atoms. The van der Waals surface area contributed by atoms with Crippen LogP contribution in [0.5, 0.6) is 0 Å². The normalized spacial score (nSPS) is 26.8. The number of halogens is 1. The Kier molecular flexibility index (Phi) is 3.27. The van der Waals surface area contributed by atoms with Crippen LogP contribution < -0.4 is 10.2 Å². The first-order valence-corrected chi connectivity index (χ1v) is 7.25. The molecule has 0 bridgehead atoms. The van der Waals surface area contributed by atoms with Crippen molar-refractivity contribution in [3.05, 3.63) is 28.2 Å². The Morgan fingerprint density at radius 1 is 1.39 bits per heavy atom. The zero-order valence-electron chi connectivity index (χ0n) is 10.2. The second-order valence-corrected chi connectivity index (χ2v) is 5.98. The maximum absolute atomic E-state index is 8.89. The summed E-state index contributed by atoms with van der Waals surface area (Å²) in [5.74, 6) is 0.779. The largest absolute Gasteiger partial charge is 0.370 e. The van der Waals surface area contributed by atoms with E-state index in [1.807, 2.05) is 12.1 Å². The fourth-order valence-electron chi connectivity index (χ4n) is 3.10. The average molecular weight is 306 g/mol. The van der Waals surface area contributed by atoms with Crippen molar-refractivity contribution in [2.75, 3.05) is 24.5 Å². The number of benzene rings is 1. The van der Waals surface area contributed by atoms with Crippen LogP contribution in [0.2, 0.25) is 0 Å². The molecule has 2 aliphatic rings. The van der Waals surface area contributed by atoms with Crippen LogP contribution in [0.25, 0.3) is 0 Å². The van der Waals surface area contributed by atoms with Crippen molar-refractivity contribution in [3.8, 4) is 6.07 Å². The fraction of sp³-hybridized carbons (Fsp3) is 0.500. The Morgan fingerprint density at radius 3 is 3.06 bits per heavy atom. The van der Waals surface area contributed by atoms with Gasteiger partial charge in [-0.25, -0.2) is 0 Å². The molecule has 0 aliphatic carbocycles. The highest BCUT2D eigenvalue weighted by Crippen LogP contribution is 2.33. The van der Waals surface area contributed by atoms with Crippen LogP contribution in [0.15, 0.2) is 22.7 Å². The summed E-state index contributed by atoms with van der Waals surface area (Å²) in [7, 11) is 0. The Morgan fingerprint density at radius 2 is 2.28 bits per heavy atom. The van der Waals surface area contributed by atoms with Gasteiger partial charge in [-0.2, -0.15) is 5.26 Å². The molecular formula is C14H16BrN3. The summed E-state index contributed by atoms with van der Waals surface area (Å²) in [6, 6.07) is 8.77. The lowest BCUT2D eigenvalue weighted by Crippen LogP contribution is -2.44. The lowest BCUT2D eigenvalue weighted by Gasteiger charge is -2.36. The minimum absolute atomic E-state index is 0.711. The molecule has 3 rings (SSSR count). The summed E-state index contributed by atoms with van der Waals surface area (Å²) < 4.78 is 1.03. The van der Waals surface area contributed by atoms with Crippen LogP contribution in [0, 0.1) is 17.2 Å². The van der Waals surface area contributed by atoms with Crippen molar-refractivity contribution < 1.29 is 0 Å². The van der Waals surface area contributed by atoms with Crippen molar-refractivity contribution in [1.82, 2.24) is 5.32 Å². The minimum Gasteiger partial charge on any atom is -0.370 e. The molecule has 0 aromatic heterocycles. The molecule has 94 valence electrons. The SMILES string of the molecule is N#Cc1ccc(N2CCC3NCCC3C2)c(Br)c1. The molecule has 1 aromatic rings. The van der Waals surface area contributed by atoms with Crippen LogP contribution >= 0.6 is 15.9 Å². The van der Waals surface area contributed by atoms with Gasteiger partial charge in [0.05, 0.1) is 17.3 Å². The summed E-state index contributed by atoms with van der Waals surface area (Å²) in [4.78, 5) is 2.44. The third kappa shape index (κ3) is 2.13. The number of nitrogens with zero attached hydrogens (tertiary/aromatic N) is 2. The second kappa shape index (κ2) is 4.91. The Labute approximate surface area is 116 Å².